The van der Waals surface area contributed by atoms with E-state index in [0.29, 0.717) is 17.8 Å². The molecule has 1 amide bonds. The van der Waals surface area contributed by atoms with Crippen molar-refractivity contribution in [1.29, 1.82) is 0 Å². The van der Waals surface area contributed by atoms with E-state index in [4.69, 9.17) is 5.11 Å². The quantitative estimate of drug-likeness (QED) is 0.669. The number of aryl methyl sites for hydroxylation is 1. The van der Waals surface area contributed by atoms with Crippen LogP contribution in [0.2, 0.25) is 0 Å². The number of nitrogens with zero attached hydrogens (tertiary/aromatic N) is 2. The van der Waals surface area contributed by atoms with E-state index in [0.717, 1.165) is 11.3 Å². The standard InChI is InChI=1S/C11H12N2O5S/c1-6-8(13(17)18)4-9(19-6)10(14)12-3-2-7(5-12)11(15)16/h4,7H,2-3,5H2,1H3,(H,15,16). The third kappa shape index (κ3) is 2.58. The van der Waals surface area contributed by atoms with Gasteiger partial charge in [-0.3, -0.25) is 19.7 Å². The Labute approximate surface area is 112 Å². The maximum atomic E-state index is 12.1. The third-order valence-electron chi connectivity index (χ3n) is 3.12. The molecule has 0 spiro atoms. The average molecular weight is 284 g/mol. The molecule has 1 unspecified atom stereocenters. The zero-order valence-corrected chi connectivity index (χ0v) is 11.0. The maximum Gasteiger partial charge on any atom is 0.308 e. The number of carboxylic acid groups (broad SMARTS) is 1. The minimum Gasteiger partial charge on any atom is -0.481 e. The fraction of sp³-hybridized carbons (Fsp3) is 0.455. The second-order valence-electron chi connectivity index (χ2n) is 4.38. The van der Waals surface area contributed by atoms with Gasteiger partial charge in [0.05, 0.1) is 20.6 Å². The van der Waals surface area contributed by atoms with E-state index in [1.54, 1.807) is 6.92 Å². The largest absolute Gasteiger partial charge is 0.481 e. The van der Waals surface area contributed by atoms with E-state index in [2.05, 4.69) is 0 Å². The molecule has 0 bridgehead atoms. The lowest BCUT2D eigenvalue weighted by Crippen LogP contribution is -2.29. The van der Waals surface area contributed by atoms with Crippen molar-refractivity contribution in [2.75, 3.05) is 13.1 Å². The highest BCUT2D eigenvalue weighted by atomic mass is 32.1. The van der Waals surface area contributed by atoms with Gasteiger partial charge >= 0.3 is 5.97 Å². The van der Waals surface area contributed by atoms with Crippen molar-refractivity contribution in [3.63, 3.8) is 0 Å². The molecule has 102 valence electrons. The van der Waals surface area contributed by atoms with Gasteiger partial charge in [0.2, 0.25) is 0 Å². The second kappa shape index (κ2) is 4.96. The van der Waals surface area contributed by atoms with Crippen LogP contribution in [0.15, 0.2) is 6.07 Å². The van der Waals surface area contributed by atoms with Gasteiger partial charge in [-0.15, -0.1) is 11.3 Å². The Hall–Kier alpha value is -1.96. The van der Waals surface area contributed by atoms with Gasteiger partial charge in [0.1, 0.15) is 0 Å². The van der Waals surface area contributed by atoms with Crippen molar-refractivity contribution in [1.82, 2.24) is 4.90 Å². The SMILES string of the molecule is Cc1sc(C(=O)N2CCC(C(=O)O)C2)cc1[N+](=O)[O-]. The van der Waals surface area contributed by atoms with Gasteiger partial charge in [-0.2, -0.15) is 0 Å². The predicted octanol–water partition coefficient (Wildman–Crippen LogP) is 1.51. The predicted molar refractivity (Wildman–Crippen MR) is 67.4 cm³/mol. The Balaban J connectivity index is 2.15. The molecule has 2 heterocycles. The van der Waals surface area contributed by atoms with Crippen LogP contribution in [0.25, 0.3) is 0 Å². The molecular formula is C11H12N2O5S. The molecule has 1 fully saturated rings. The molecular weight excluding hydrogens is 272 g/mol. The van der Waals surface area contributed by atoms with Crippen LogP contribution in [0.1, 0.15) is 21.0 Å². The first-order valence-corrected chi connectivity index (χ1v) is 6.48. The van der Waals surface area contributed by atoms with Gasteiger partial charge in [0.15, 0.2) is 0 Å². The summed E-state index contributed by atoms with van der Waals surface area (Å²) in [5.74, 6) is -1.78. The molecule has 1 N–H and O–H groups in total. The van der Waals surface area contributed by atoms with Crippen LogP contribution >= 0.6 is 11.3 Å². The number of thiophene rings is 1. The first-order valence-electron chi connectivity index (χ1n) is 5.67. The monoisotopic (exact) mass is 284 g/mol. The molecule has 2 rings (SSSR count). The Morgan fingerprint density at radius 1 is 1.58 bits per heavy atom. The normalized spacial score (nSPS) is 18.6. The van der Waals surface area contributed by atoms with Crippen LogP contribution in [0, 0.1) is 23.0 Å². The van der Waals surface area contributed by atoms with Gasteiger partial charge in [0.25, 0.3) is 11.6 Å². The highest BCUT2D eigenvalue weighted by Crippen LogP contribution is 2.30. The Morgan fingerprint density at radius 3 is 2.74 bits per heavy atom. The number of aliphatic carboxylic acids is 1. The highest BCUT2D eigenvalue weighted by Gasteiger charge is 2.32. The van der Waals surface area contributed by atoms with Crippen LogP contribution in [0.5, 0.6) is 0 Å². The van der Waals surface area contributed by atoms with E-state index >= 15 is 0 Å². The van der Waals surface area contributed by atoms with Crippen molar-refractivity contribution in [3.05, 3.63) is 25.9 Å². The van der Waals surface area contributed by atoms with Crippen LogP contribution in [0.4, 0.5) is 5.69 Å². The van der Waals surface area contributed by atoms with Crippen molar-refractivity contribution in [3.8, 4) is 0 Å². The number of nitro groups is 1. The average Bonchev–Trinajstić information content (AvgIpc) is 2.94. The fourth-order valence-electron chi connectivity index (χ4n) is 2.06. The van der Waals surface area contributed by atoms with E-state index in [9.17, 15) is 19.7 Å². The number of carboxylic acids is 1. The number of hydrogen-bond donors (Lipinski definition) is 1. The Morgan fingerprint density at radius 2 is 2.26 bits per heavy atom. The molecule has 0 aromatic carbocycles. The molecule has 0 radical (unpaired) electrons. The lowest BCUT2D eigenvalue weighted by atomic mass is 10.1. The number of carbonyl (C=O) groups excluding carboxylic acids is 1. The van der Waals surface area contributed by atoms with Gasteiger partial charge in [-0.1, -0.05) is 0 Å². The molecule has 1 aromatic heterocycles. The molecule has 19 heavy (non-hydrogen) atoms. The van der Waals surface area contributed by atoms with E-state index in [1.165, 1.54) is 11.0 Å². The lowest BCUT2D eigenvalue weighted by Gasteiger charge is -2.13. The molecule has 1 atom stereocenters. The summed E-state index contributed by atoms with van der Waals surface area (Å²) in [5.41, 5.74) is -0.0673. The van der Waals surface area contributed by atoms with Crippen LogP contribution in [-0.4, -0.2) is 39.9 Å². The van der Waals surface area contributed by atoms with Crippen molar-refractivity contribution >= 4 is 28.9 Å². The molecule has 8 heteroatoms. The van der Waals surface area contributed by atoms with Gasteiger partial charge < -0.3 is 10.0 Å². The lowest BCUT2D eigenvalue weighted by molar-refractivity contribution is -0.385. The van der Waals surface area contributed by atoms with Gasteiger partial charge in [-0.25, -0.2) is 0 Å². The van der Waals surface area contributed by atoms with Crippen molar-refractivity contribution < 1.29 is 19.6 Å². The summed E-state index contributed by atoms with van der Waals surface area (Å²) >= 11 is 1.07. The summed E-state index contributed by atoms with van der Waals surface area (Å²) in [6, 6.07) is 1.26. The van der Waals surface area contributed by atoms with E-state index in [1.807, 2.05) is 0 Å². The summed E-state index contributed by atoms with van der Waals surface area (Å²) in [7, 11) is 0. The van der Waals surface area contributed by atoms with E-state index < -0.39 is 16.8 Å². The first kappa shape index (κ1) is 13.5. The summed E-state index contributed by atoms with van der Waals surface area (Å²) in [6.45, 7) is 2.13. The molecule has 1 aromatic rings. The summed E-state index contributed by atoms with van der Waals surface area (Å²) in [5, 5.41) is 19.6. The molecule has 1 aliphatic rings. The molecule has 0 aliphatic carbocycles. The number of rotatable bonds is 3. The van der Waals surface area contributed by atoms with E-state index in [-0.39, 0.29) is 23.0 Å². The summed E-state index contributed by atoms with van der Waals surface area (Å²) in [6.07, 6.45) is 0.424. The maximum absolute atomic E-state index is 12.1. The molecule has 1 aliphatic heterocycles. The third-order valence-corrected chi connectivity index (χ3v) is 4.15. The van der Waals surface area contributed by atoms with Crippen LogP contribution < -0.4 is 0 Å². The highest BCUT2D eigenvalue weighted by molar-refractivity contribution is 7.14. The van der Waals surface area contributed by atoms with Gasteiger partial charge in [-0.05, 0) is 13.3 Å². The van der Waals surface area contributed by atoms with Crippen LogP contribution in [0.3, 0.4) is 0 Å². The first-order chi connectivity index (χ1) is 8.90. The molecule has 0 saturated carbocycles. The second-order valence-corrected chi connectivity index (χ2v) is 5.64. The zero-order valence-electron chi connectivity index (χ0n) is 10.2. The van der Waals surface area contributed by atoms with Crippen molar-refractivity contribution in [2.24, 2.45) is 5.92 Å². The number of likely N-dealkylation sites (tertiary alicyclic amines) is 1. The topological polar surface area (TPSA) is 101 Å². The minimum absolute atomic E-state index is 0.0673. The Bertz CT molecular complexity index is 553. The van der Waals surface area contributed by atoms with Crippen molar-refractivity contribution in [2.45, 2.75) is 13.3 Å². The molecule has 7 nitrogen and oxygen atoms in total. The number of amides is 1. The number of hydrogen-bond acceptors (Lipinski definition) is 5. The summed E-state index contributed by atoms with van der Waals surface area (Å²) in [4.78, 5) is 35.4. The van der Waals surface area contributed by atoms with Crippen LogP contribution in [-0.2, 0) is 4.79 Å². The van der Waals surface area contributed by atoms with Gasteiger partial charge in [0, 0.05) is 19.2 Å². The molecule has 1 saturated heterocycles. The summed E-state index contributed by atoms with van der Waals surface area (Å²) < 4.78 is 0. The zero-order chi connectivity index (χ0) is 14.2. The Kier molecular flexibility index (Phi) is 3.52. The smallest absolute Gasteiger partial charge is 0.308 e. The fourth-order valence-corrected chi connectivity index (χ4v) is 3.02. The minimum atomic E-state index is -0.913. The number of carbonyl (C=O) groups is 2.